The van der Waals surface area contributed by atoms with Gasteiger partial charge in [0.05, 0.1) is 11.1 Å². The van der Waals surface area contributed by atoms with Gasteiger partial charge in [-0.3, -0.25) is 4.98 Å². The van der Waals surface area contributed by atoms with Gasteiger partial charge in [-0.1, -0.05) is 11.6 Å². The number of hydrogen-bond acceptors (Lipinski definition) is 3. The Balaban J connectivity index is 2.98. The highest BCUT2D eigenvalue weighted by atomic mass is 35.5. The third-order valence-electron chi connectivity index (χ3n) is 1.22. The Bertz CT molecular complexity index is 292. The normalized spacial score (nSPS) is 12.1. The maximum Gasteiger partial charge on any atom is 0.120 e. The van der Waals surface area contributed by atoms with Gasteiger partial charge < -0.3 is 5.73 Å². The molecule has 56 valence electrons. The van der Waals surface area contributed by atoms with Gasteiger partial charge in [-0.25, -0.2) is 0 Å². The average Bonchev–Trinajstić information content (AvgIpc) is 2.03. The van der Waals surface area contributed by atoms with Gasteiger partial charge in [0, 0.05) is 18.0 Å². The summed E-state index contributed by atoms with van der Waals surface area (Å²) < 4.78 is 0. The van der Waals surface area contributed by atoms with Gasteiger partial charge in [0.2, 0.25) is 0 Å². The van der Waals surface area contributed by atoms with Gasteiger partial charge in [-0.15, -0.1) is 0 Å². The van der Waals surface area contributed by atoms with Crippen LogP contribution in [0.25, 0.3) is 0 Å². The molecule has 0 fully saturated rings. The molecular weight excluding hydrogens is 162 g/mol. The molecule has 2 N–H and O–H groups in total. The summed E-state index contributed by atoms with van der Waals surface area (Å²) >= 11 is 5.62. The second kappa shape index (κ2) is 3.33. The van der Waals surface area contributed by atoms with Crippen molar-refractivity contribution in [3.05, 3.63) is 29.0 Å². The quantitative estimate of drug-likeness (QED) is 0.685. The number of nitrogens with two attached hydrogens (primary N) is 1. The monoisotopic (exact) mass is 167 g/mol. The molecule has 1 rings (SSSR count). The molecule has 1 aromatic rings. The lowest BCUT2D eigenvalue weighted by Crippen LogP contribution is -2.07. The second-order valence-electron chi connectivity index (χ2n) is 2.04. The van der Waals surface area contributed by atoms with Crippen LogP contribution in [0.2, 0.25) is 5.02 Å². The first kappa shape index (κ1) is 7.99. The molecule has 4 heteroatoms. The highest BCUT2D eigenvalue weighted by molar-refractivity contribution is 6.30. The van der Waals surface area contributed by atoms with Crippen molar-refractivity contribution in [1.29, 1.82) is 5.26 Å². The van der Waals surface area contributed by atoms with E-state index in [1.165, 1.54) is 12.4 Å². The summed E-state index contributed by atoms with van der Waals surface area (Å²) in [6.45, 7) is 0. The Morgan fingerprint density at radius 3 is 2.91 bits per heavy atom. The number of rotatable bonds is 1. The molecule has 0 saturated carbocycles. The molecule has 3 nitrogen and oxygen atoms in total. The fourth-order valence-corrected chi connectivity index (χ4v) is 0.855. The van der Waals surface area contributed by atoms with Crippen LogP contribution in [0.5, 0.6) is 0 Å². The largest absolute Gasteiger partial charge is 0.312 e. The summed E-state index contributed by atoms with van der Waals surface area (Å²) in [7, 11) is 0. The fraction of sp³-hybridized carbons (Fsp3) is 0.143. The maximum atomic E-state index is 8.43. The van der Waals surface area contributed by atoms with Crippen molar-refractivity contribution in [3.63, 3.8) is 0 Å². The summed E-state index contributed by atoms with van der Waals surface area (Å²) in [5.74, 6) is 0. The molecule has 1 aromatic heterocycles. The van der Waals surface area contributed by atoms with Crippen molar-refractivity contribution >= 4 is 11.6 Å². The number of nitriles is 1. The van der Waals surface area contributed by atoms with Gasteiger partial charge in [-0.2, -0.15) is 5.26 Å². The van der Waals surface area contributed by atoms with Crippen molar-refractivity contribution in [1.82, 2.24) is 4.98 Å². The Labute approximate surface area is 69.4 Å². The van der Waals surface area contributed by atoms with Crippen LogP contribution in [0.15, 0.2) is 18.5 Å². The predicted octanol–water partition coefficient (Wildman–Crippen LogP) is 1.26. The highest BCUT2D eigenvalue weighted by Gasteiger charge is 2.03. The van der Waals surface area contributed by atoms with E-state index in [1.807, 2.05) is 6.07 Å². The standard InChI is InChI=1S/C7H6ClN3/c8-6-1-5(3-11-4-6)7(10)2-9/h1,3-4,7H,10H2. The third-order valence-corrected chi connectivity index (χ3v) is 1.43. The number of hydrogen-bond donors (Lipinski definition) is 1. The van der Waals surface area contributed by atoms with Gasteiger partial charge in [-0.05, 0) is 6.07 Å². The molecule has 0 aromatic carbocycles. The Morgan fingerprint density at radius 1 is 1.64 bits per heavy atom. The summed E-state index contributed by atoms with van der Waals surface area (Å²) in [5, 5.41) is 8.93. The van der Waals surface area contributed by atoms with E-state index in [1.54, 1.807) is 6.07 Å². The lowest BCUT2D eigenvalue weighted by molar-refractivity contribution is 0.915. The molecule has 0 bridgehead atoms. The molecular formula is C7H6ClN3. The summed E-state index contributed by atoms with van der Waals surface area (Å²) in [4.78, 5) is 3.79. The van der Waals surface area contributed by atoms with Crippen LogP contribution >= 0.6 is 11.6 Å². The van der Waals surface area contributed by atoms with Crippen LogP contribution < -0.4 is 5.73 Å². The van der Waals surface area contributed by atoms with E-state index >= 15 is 0 Å². The number of halogens is 1. The van der Waals surface area contributed by atoms with Crippen LogP contribution in [0, 0.1) is 11.3 Å². The molecule has 0 aliphatic carbocycles. The van der Waals surface area contributed by atoms with E-state index in [9.17, 15) is 0 Å². The van der Waals surface area contributed by atoms with Crippen molar-refractivity contribution in [2.75, 3.05) is 0 Å². The molecule has 0 aliphatic rings. The first-order valence-electron chi connectivity index (χ1n) is 2.99. The molecule has 0 amide bonds. The Hall–Kier alpha value is -1.11. The van der Waals surface area contributed by atoms with E-state index < -0.39 is 6.04 Å². The molecule has 0 aliphatic heterocycles. The number of aromatic nitrogens is 1. The van der Waals surface area contributed by atoms with Gasteiger partial charge in [0.1, 0.15) is 6.04 Å². The first-order valence-corrected chi connectivity index (χ1v) is 3.37. The van der Waals surface area contributed by atoms with Crippen molar-refractivity contribution < 1.29 is 0 Å². The zero-order valence-corrected chi connectivity index (χ0v) is 6.42. The molecule has 0 spiro atoms. The van der Waals surface area contributed by atoms with E-state index in [2.05, 4.69) is 4.98 Å². The Morgan fingerprint density at radius 2 is 2.36 bits per heavy atom. The molecule has 0 saturated heterocycles. The molecule has 1 heterocycles. The van der Waals surface area contributed by atoms with Crippen molar-refractivity contribution in [2.24, 2.45) is 5.73 Å². The number of nitrogens with zero attached hydrogens (tertiary/aromatic N) is 2. The lowest BCUT2D eigenvalue weighted by Gasteiger charge is -2.00. The van der Waals surface area contributed by atoms with Crippen LogP contribution in [-0.2, 0) is 0 Å². The summed E-state index contributed by atoms with van der Waals surface area (Å²) in [5.41, 5.74) is 6.04. The summed E-state index contributed by atoms with van der Waals surface area (Å²) in [6, 6.07) is 2.88. The van der Waals surface area contributed by atoms with Crippen LogP contribution in [0.4, 0.5) is 0 Å². The number of pyridine rings is 1. The predicted molar refractivity (Wildman–Crippen MR) is 41.8 cm³/mol. The first-order chi connectivity index (χ1) is 5.24. The lowest BCUT2D eigenvalue weighted by atomic mass is 10.1. The fourth-order valence-electron chi connectivity index (χ4n) is 0.673. The molecule has 0 radical (unpaired) electrons. The minimum absolute atomic E-state index is 0.494. The van der Waals surface area contributed by atoms with Crippen molar-refractivity contribution in [2.45, 2.75) is 6.04 Å². The van der Waals surface area contributed by atoms with E-state index in [0.717, 1.165) is 0 Å². The minimum atomic E-state index is -0.638. The zero-order chi connectivity index (χ0) is 8.27. The topological polar surface area (TPSA) is 62.7 Å². The van der Waals surface area contributed by atoms with E-state index in [-0.39, 0.29) is 0 Å². The smallest absolute Gasteiger partial charge is 0.120 e. The average molecular weight is 168 g/mol. The maximum absolute atomic E-state index is 8.43. The van der Waals surface area contributed by atoms with Gasteiger partial charge in [0.15, 0.2) is 0 Å². The van der Waals surface area contributed by atoms with Gasteiger partial charge in [0.25, 0.3) is 0 Å². The molecule has 1 atom stereocenters. The van der Waals surface area contributed by atoms with E-state index in [0.29, 0.717) is 10.6 Å². The van der Waals surface area contributed by atoms with Crippen LogP contribution in [-0.4, -0.2) is 4.98 Å². The third kappa shape index (κ3) is 1.90. The molecule has 1 unspecified atom stereocenters. The SMILES string of the molecule is N#CC(N)c1cncc(Cl)c1. The molecule has 11 heavy (non-hydrogen) atoms. The van der Waals surface area contributed by atoms with Gasteiger partial charge >= 0.3 is 0 Å². The second-order valence-corrected chi connectivity index (χ2v) is 2.48. The van der Waals surface area contributed by atoms with Crippen molar-refractivity contribution in [3.8, 4) is 6.07 Å². The Kier molecular flexibility index (Phi) is 2.42. The highest BCUT2D eigenvalue weighted by Crippen LogP contribution is 2.13. The van der Waals surface area contributed by atoms with Crippen LogP contribution in [0.3, 0.4) is 0 Å². The summed E-state index contributed by atoms with van der Waals surface area (Å²) in [6.07, 6.45) is 3.02. The van der Waals surface area contributed by atoms with Crippen LogP contribution in [0.1, 0.15) is 11.6 Å². The van der Waals surface area contributed by atoms with E-state index in [4.69, 9.17) is 22.6 Å². The minimum Gasteiger partial charge on any atom is -0.312 e. The zero-order valence-electron chi connectivity index (χ0n) is 5.66.